The summed E-state index contributed by atoms with van der Waals surface area (Å²) in [4.78, 5) is 2.46. The Kier molecular flexibility index (Phi) is 5.15. The zero-order valence-electron chi connectivity index (χ0n) is 14.1. The number of rotatable bonds is 6. The van der Waals surface area contributed by atoms with Crippen molar-refractivity contribution >= 4 is 0 Å². The predicted molar refractivity (Wildman–Crippen MR) is 89.2 cm³/mol. The highest BCUT2D eigenvalue weighted by Gasteiger charge is 2.21. The van der Waals surface area contributed by atoms with Crippen LogP contribution in [0.4, 0.5) is 0 Å². The fourth-order valence-corrected chi connectivity index (χ4v) is 3.15. The van der Waals surface area contributed by atoms with Crippen LogP contribution in [0.1, 0.15) is 25.2 Å². The minimum absolute atomic E-state index is 0.321. The lowest BCUT2D eigenvalue weighted by atomic mass is 10.2. The fraction of sp³-hybridized carbons (Fsp3) is 0.588. The molecule has 3 heterocycles. The molecular formula is C17H26N4O2. The lowest BCUT2D eigenvalue weighted by Crippen LogP contribution is -2.47. The van der Waals surface area contributed by atoms with Gasteiger partial charge in [0.2, 0.25) is 0 Å². The number of nitrogens with zero attached hydrogens (tertiary/aromatic N) is 2. The van der Waals surface area contributed by atoms with Crippen LogP contribution in [0.2, 0.25) is 0 Å². The maximum absolute atomic E-state index is 5.76. The van der Waals surface area contributed by atoms with Crippen molar-refractivity contribution in [1.29, 1.82) is 0 Å². The summed E-state index contributed by atoms with van der Waals surface area (Å²) in [6, 6.07) is 3.94. The van der Waals surface area contributed by atoms with Crippen molar-refractivity contribution in [1.82, 2.24) is 20.4 Å². The van der Waals surface area contributed by atoms with Crippen molar-refractivity contribution in [3.8, 4) is 11.5 Å². The first-order valence-corrected chi connectivity index (χ1v) is 8.29. The molecule has 1 saturated heterocycles. The van der Waals surface area contributed by atoms with Crippen LogP contribution in [0.25, 0.3) is 11.5 Å². The van der Waals surface area contributed by atoms with Gasteiger partial charge in [0, 0.05) is 38.3 Å². The molecule has 0 radical (unpaired) electrons. The summed E-state index contributed by atoms with van der Waals surface area (Å²) in [5, 5.41) is 10.7. The van der Waals surface area contributed by atoms with Crippen molar-refractivity contribution in [2.45, 2.75) is 39.5 Å². The largest absolute Gasteiger partial charge is 0.460 e. The maximum Gasteiger partial charge on any atom is 0.152 e. The second kappa shape index (κ2) is 7.29. The lowest BCUT2D eigenvalue weighted by Gasteiger charge is -2.35. The molecular weight excluding hydrogens is 292 g/mol. The fourth-order valence-electron chi connectivity index (χ4n) is 3.15. The van der Waals surface area contributed by atoms with Crippen LogP contribution >= 0.6 is 0 Å². The van der Waals surface area contributed by atoms with Gasteiger partial charge in [-0.25, -0.2) is 0 Å². The first-order valence-electron chi connectivity index (χ1n) is 8.29. The molecule has 2 atom stereocenters. The van der Waals surface area contributed by atoms with E-state index in [1.54, 1.807) is 0 Å². The standard InChI is InChI=1S/C17H26N4O2/c1-12-4-5-16(23-12)17-15(9-19-20-17)8-18-6-7-21-10-13(2)22-14(3)11-21/h4-5,9,13-14,18H,6-8,10-11H2,1-3H3,(H,19,20)/t13-,14-/m0/s1. The third kappa shape index (κ3) is 4.22. The Hall–Kier alpha value is -1.63. The number of hydrogen-bond donors (Lipinski definition) is 2. The third-order valence-corrected chi connectivity index (χ3v) is 4.12. The van der Waals surface area contributed by atoms with Crippen molar-refractivity contribution in [2.75, 3.05) is 26.2 Å². The molecule has 6 nitrogen and oxygen atoms in total. The minimum atomic E-state index is 0.321. The van der Waals surface area contributed by atoms with Gasteiger partial charge >= 0.3 is 0 Å². The van der Waals surface area contributed by atoms with E-state index >= 15 is 0 Å². The molecule has 1 aliphatic rings. The predicted octanol–water partition coefficient (Wildman–Crippen LogP) is 2.18. The molecule has 0 unspecified atom stereocenters. The van der Waals surface area contributed by atoms with Crippen molar-refractivity contribution in [3.63, 3.8) is 0 Å². The van der Waals surface area contributed by atoms with Gasteiger partial charge in [0.1, 0.15) is 11.5 Å². The molecule has 2 aromatic rings. The van der Waals surface area contributed by atoms with Gasteiger partial charge in [-0.15, -0.1) is 0 Å². The van der Waals surface area contributed by atoms with Gasteiger partial charge in [-0.3, -0.25) is 10.00 Å². The van der Waals surface area contributed by atoms with E-state index in [1.165, 1.54) is 0 Å². The van der Waals surface area contributed by atoms with Gasteiger partial charge in [0.15, 0.2) is 5.76 Å². The topological polar surface area (TPSA) is 66.3 Å². The molecule has 0 spiro atoms. The van der Waals surface area contributed by atoms with E-state index in [1.807, 2.05) is 25.3 Å². The van der Waals surface area contributed by atoms with E-state index in [4.69, 9.17) is 9.15 Å². The van der Waals surface area contributed by atoms with Crippen molar-refractivity contribution in [3.05, 3.63) is 29.7 Å². The summed E-state index contributed by atoms with van der Waals surface area (Å²) in [6.07, 6.45) is 2.50. The average molecular weight is 318 g/mol. The number of hydrogen-bond acceptors (Lipinski definition) is 5. The second-order valence-electron chi connectivity index (χ2n) is 6.37. The number of nitrogens with one attached hydrogen (secondary N) is 2. The summed E-state index contributed by atoms with van der Waals surface area (Å²) in [7, 11) is 0. The molecule has 0 bridgehead atoms. The second-order valence-corrected chi connectivity index (χ2v) is 6.37. The Labute approximate surface area is 137 Å². The van der Waals surface area contributed by atoms with Crippen LogP contribution in [-0.2, 0) is 11.3 Å². The summed E-state index contributed by atoms with van der Waals surface area (Å²) < 4.78 is 11.4. The molecule has 0 amide bonds. The van der Waals surface area contributed by atoms with Gasteiger partial charge in [-0.05, 0) is 32.9 Å². The number of aromatic amines is 1. The molecule has 126 valence electrons. The first-order chi connectivity index (χ1) is 11.1. The van der Waals surface area contributed by atoms with Crippen LogP contribution in [0, 0.1) is 6.92 Å². The summed E-state index contributed by atoms with van der Waals surface area (Å²) >= 11 is 0. The zero-order valence-corrected chi connectivity index (χ0v) is 14.1. The van der Waals surface area contributed by atoms with Crippen LogP contribution < -0.4 is 5.32 Å². The maximum atomic E-state index is 5.76. The Morgan fingerprint density at radius 2 is 2.09 bits per heavy atom. The smallest absolute Gasteiger partial charge is 0.152 e. The van der Waals surface area contributed by atoms with E-state index in [-0.39, 0.29) is 0 Å². The Bertz CT molecular complexity index is 612. The van der Waals surface area contributed by atoms with Crippen LogP contribution in [0.5, 0.6) is 0 Å². The summed E-state index contributed by atoms with van der Waals surface area (Å²) in [6.45, 7) is 11.0. The van der Waals surface area contributed by atoms with Gasteiger partial charge < -0.3 is 14.5 Å². The Morgan fingerprint density at radius 3 is 2.78 bits per heavy atom. The highest BCUT2D eigenvalue weighted by atomic mass is 16.5. The third-order valence-electron chi connectivity index (χ3n) is 4.12. The van der Waals surface area contributed by atoms with Gasteiger partial charge in [-0.2, -0.15) is 5.10 Å². The normalized spacial score (nSPS) is 22.6. The molecule has 23 heavy (non-hydrogen) atoms. The summed E-state index contributed by atoms with van der Waals surface area (Å²) in [5.74, 6) is 1.75. The molecule has 0 aliphatic carbocycles. The quantitative estimate of drug-likeness (QED) is 0.799. The van der Waals surface area contributed by atoms with Crippen LogP contribution in [0.15, 0.2) is 22.7 Å². The van der Waals surface area contributed by atoms with Gasteiger partial charge in [0.05, 0.1) is 18.4 Å². The Morgan fingerprint density at radius 1 is 1.30 bits per heavy atom. The first kappa shape index (κ1) is 16.2. The lowest BCUT2D eigenvalue weighted by molar-refractivity contribution is -0.0674. The molecule has 2 N–H and O–H groups in total. The van der Waals surface area contributed by atoms with E-state index in [2.05, 4.69) is 34.3 Å². The van der Waals surface area contributed by atoms with Crippen molar-refractivity contribution in [2.24, 2.45) is 0 Å². The van der Waals surface area contributed by atoms with E-state index in [0.717, 1.165) is 55.5 Å². The number of furan rings is 1. The number of ether oxygens (including phenoxy) is 1. The molecule has 1 aliphatic heterocycles. The average Bonchev–Trinajstić information content (AvgIpc) is 3.11. The van der Waals surface area contributed by atoms with E-state index < -0.39 is 0 Å². The highest BCUT2D eigenvalue weighted by molar-refractivity contribution is 5.56. The Balaban J connectivity index is 1.47. The SMILES string of the molecule is Cc1ccc(-c2[nH]ncc2CNCCN2C[C@H](C)O[C@@H](C)C2)o1. The number of morpholine rings is 1. The van der Waals surface area contributed by atoms with Crippen LogP contribution in [0.3, 0.4) is 0 Å². The molecule has 2 aromatic heterocycles. The number of aryl methyl sites for hydroxylation is 1. The van der Waals surface area contributed by atoms with Crippen LogP contribution in [-0.4, -0.2) is 53.5 Å². The molecule has 1 fully saturated rings. The minimum Gasteiger partial charge on any atom is -0.460 e. The molecule has 6 heteroatoms. The highest BCUT2D eigenvalue weighted by Crippen LogP contribution is 2.23. The van der Waals surface area contributed by atoms with E-state index in [0.29, 0.717) is 12.2 Å². The number of aromatic nitrogens is 2. The molecule has 3 rings (SSSR count). The molecule has 0 aromatic carbocycles. The number of H-pyrrole nitrogens is 1. The van der Waals surface area contributed by atoms with Gasteiger partial charge in [0.25, 0.3) is 0 Å². The molecule has 0 saturated carbocycles. The summed E-state index contributed by atoms with van der Waals surface area (Å²) in [5.41, 5.74) is 2.09. The van der Waals surface area contributed by atoms with Crippen molar-refractivity contribution < 1.29 is 9.15 Å². The zero-order chi connectivity index (χ0) is 16.2. The van der Waals surface area contributed by atoms with E-state index in [9.17, 15) is 0 Å². The monoisotopic (exact) mass is 318 g/mol. The van der Waals surface area contributed by atoms with Gasteiger partial charge in [-0.1, -0.05) is 0 Å².